The maximum atomic E-state index is 13.1. The van der Waals surface area contributed by atoms with Crippen molar-refractivity contribution in [3.8, 4) is 0 Å². The van der Waals surface area contributed by atoms with Crippen LogP contribution < -0.4 is 4.90 Å². The lowest BCUT2D eigenvalue weighted by atomic mass is 10.0. The van der Waals surface area contributed by atoms with E-state index in [9.17, 15) is 9.59 Å². The number of amides is 1. The van der Waals surface area contributed by atoms with Crippen molar-refractivity contribution in [1.29, 1.82) is 0 Å². The monoisotopic (exact) mass is 399 g/mol. The van der Waals surface area contributed by atoms with Crippen molar-refractivity contribution in [2.75, 3.05) is 18.3 Å². The molecule has 2 aromatic rings. The van der Waals surface area contributed by atoms with Gasteiger partial charge in [0.25, 0.3) is 5.91 Å². The van der Waals surface area contributed by atoms with Gasteiger partial charge in [-0.1, -0.05) is 29.8 Å². The number of esters is 1. The first kappa shape index (κ1) is 19.3. The normalized spacial score (nSPS) is 15.6. The van der Waals surface area contributed by atoms with Gasteiger partial charge in [0.15, 0.2) is 0 Å². The van der Waals surface area contributed by atoms with Crippen LogP contribution in [0.5, 0.6) is 0 Å². The molecule has 0 radical (unpaired) electrons. The fourth-order valence-corrected chi connectivity index (χ4v) is 3.57. The average Bonchev–Trinajstić information content (AvgIpc) is 2.91. The number of benzene rings is 2. The van der Waals surface area contributed by atoms with Crippen LogP contribution in [0.15, 0.2) is 70.3 Å². The Labute approximate surface area is 167 Å². The summed E-state index contributed by atoms with van der Waals surface area (Å²) >= 11 is 7.71. The Balaban J connectivity index is 2.10. The number of hydrogen-bond acceptors (Lipinski definition) is 4. The highest BCUT2D eigenvalue weighted by Crippen LogP contribution is 2.36. The summed E-state index contributed by atoms with van der Waals surface area (Å²) in [5.41, 5.74) is 2.51. The van der Waals surface area contributed by atoms with E-state index in [0.29, 0.717) is 22.0 Å². The van der Waals surface area contributed by atoms with Crippen molar-refractivity contribution in [3.63, 3.8) is 0 Å². The van der Waals surface area contributed by atoms with Gasteiger partial charge in [-0.2, -0.15) is 0 Å². The second-order valence-corrected chi connectivity index (χ2v) is 7.22. The van der Waals surface area contributed by atoms with Crippen LogP contribution in [0, 0.1) is 0 Å². The zero-order chi connectivity index (χ0) is 19.6. The number of ether oxygens (including phenoxy) is 1. The molecule has 0 unspecified atom stereocenters. The molecule has 0 atom stereocenters. The lowest BCUT2D eigenvalue weighted by molar-refractivity contribution is -0.136. The van der Waals surface area contributed by atoms with Crippen LogP contribution in [0.3, 0.4) is 0 Å². The summed E-state index contributed by atoms with van der Waals surface area (Å²) in [5.74, 6) is -0.832. The lowest BCUT2D eigenvalue weighted by Crippen LogP contribution is -2.24. The number of nitrogens with zero attached hydrogens (tertiary/aromatic N) is 1. The molecule has 2 aromatic carbocycles. The summed E-state index contributed by atoms with van der Waals surface area (Å²) in [6.45, 7) is 1.72. The molecule has 1 amide bonds. The molecule has 6 heteroatoms. The first-order valence-corrected chi connectivity index (χ1v) is 9.82. The third kappa shape index (κ3) is 3.80. The Morgan fingerprint density at radius 3 is 2.48 bits per heavy atom. The van der Waals surface area contributed by atoms with Gasteiger partial charge < -0.3 is 4.74 Å². The van der Waals surface area contributed by atoms with Crippen molar-refractivity contribution in [1.82, 2.24) is 0 Å². The molecule has 0 bridgehead atoms. The van der Waals surface area contributed by atoms with Crippen molar-refractivity contribution in [2.45, 2.75) is 11.8 Å². The Kier molecular flexibility index (Phi) is 5.73. The number of anilines is 1. The van der Waals surface area contributed by atoms with E-state index in [-0.39, 0.29) is 11.5 Å². The van der Waals surface area contributed by atoms with Crippen LogP contribution in [0.25, 0.3) is 6.08 Å². The molecule has 1 aliphatic heterocycles. The van der Waals surface area contributed by atoms with Crippen molar-refractivity contribution >= 4 is 47.0 Å². The molecule has 0 aromatic heterocycles. The first-order chi connectivity index (χ1) is 13.0. The molecule has 0 saturated heterocycles. The zero-order valence-electron chi connectivity index (χ0n) is 15.2. The molecule has 0 aliphatic carbocycles. The van der Waals surface area contributed by atoms with E-state index in [1.54, 1.807) is 49.0 Å². The third-order valence-corrected chi connectivity index (χ3v) is 5.26. The van der Waals surface area contributed by atoms with Gasteiger partial charge in [0.2, 0.25) is 0 Å². The molecular weight excluding hydrogens is 382 g/mol. The van der Waals surface area contributed by atoms with Gasteiger partial charge in [0.05, 0.1) is 23.9 Å². The third-order valence-electron chi connectivity index (χ3n) is 4.28. The fraction of sp³-hybridized carbons (Fsp3) is 0.143. The summed E-state index contributed by atoms with van der Waals surface area (Å²) in [5, 5.41) is 0.512. The standard InChI is InChI=1S/C21H18ClNO3S/c1-13-19(21(25)26-2)18(11-14-7-9-17(27-3)10-8-14)20(24)23(13)16-6-4-5-15(22)12-16/h4-12H,1-3H3/b18-11-. The molecule has 0 saturated carbocycles. The van der Waals surface area contributed by atoms with Crippen LogP contribution in [-0.4, -0.2) is 25.2 Å². The van der Waals surface area contributed by atoms with Crippen LogP contribution in [0.4, 0.5) is 5.69 Å². The van der Waals surface area contributed by atoms with Gasteiger partial charge >= 0.3 is 5.97 Å². The number of carbonyl (C=O) groups excluding carboxylic acids is 2. The van der Waals surface area contributed by atoms with E-state index < -0.39 is 5.97 Å². The minimum absolute atomic E-state index is 0.261. The van der Waals surface area contributed by atoms with E-state index in [2.05, 4.69) is 0 Å². The predicted molar refractivity (Wildman–Crippen MR) is 110 cm³/mol. The lowest BCUT2D eigenvalue weighted by Gasteiger charge is -2.18. The minimum Gasteiger partial charge on any atom is -0.465 e. The van der Waals surface area contributed by atoms with E-state index in [4.69, 9.17) is 16.3 Å². The highest BCUT2D eigenvalue weighted by Gasteiger charge is 2.37. The van der Waals surface area contributed by atoms with Gasteiger partial charge in [-0.05, 0) is 55.2 Å². The molecule has 27 heavy (non-hydrogen) atoms. The molecule has 0 spiro atoms. The summed E-state index contributed by atoms with van der Waals surface area (Å²) in [7, 11) is 1.31. The number of allylic oxidation sites excluding steroid dienone is 1. The highest BCUT2D eigenvalue weighted by atomic mass is 35.5. The van der Waals surface area contributed by atoms with Crippen molar-refractivity contribution in [2.24, 2.45) is 0 Å². The summed E-state index contributed by atoms with van der Waals surface area (Å²) in [6, 6.07) is 14.7. The average molecular weight is 400 g/mol. The Hall–Kier alpha value is -2.50. The molecule has 0 N–H and O–H groups in total. The number of carbonyl (C=O) groups is 2. The first-order valence-electron chi connectivity index (χ1n) is 8.21. The quantitative estimate of drug-likeness (QED) is 0.415. The fourth-order valence-electron chi connectivity index (χ4n) is 2.97. The summed E-state index contributed by atoms with van der Waals surface area (Å²) < 4.78 is 4.92. The van der Waals surface area contributed by atoms with Gasteiger partial charge in [0.1, 0.15) is 0 Å². The number of thioether (sulfide) groups is 1. The zero-order valence-corrected chi connectivity index (χ0v) is 16.7. The number of halogens is 1. The van der Waals surface area contributed by atoms with Crippen molar-refractivity contribution < 1.29 is 14.3 Å². The van der Waals surface area contributed by atoms with Gasteiger partial charge in [-0.15, -0.1) is 11.8 Å². The molecule has 3 rings (SSSR count). The molecular formula is C21H18ClNO3S. The maximum Gasteiger partial charge on any atom is 0.340 e. The van der Waals surface area contributed by atoms with Crippen molar-refractivity contribution in [3.05, 3.63) is 76.0 Å². The summed E-state index contributed by atoms with van der Waals surface area (Å²) in [4.78, 5) is 28.1. The van der Waals surface area contributed by atoms with Crippen LogP contribution >= 0.6 is 23.4 Å². The van der Waals surface area contributed by atoms with Gasteiger partial charge in [-0.3, -0.25) is 9.69 Å². The molecule has 138 valence electrons. The van der Waals surface area contributed by atoms with E-state index in [0.717, 1.165) is 10.5 Å². The Morgan fingerprint density at radius 1 is 1.19 bits per heavy atom. The number of rotatable bonds is 4. The minimum atomic E-state index is -0.544. The predicted octanol–water partition coefficient (Wildman–Crippen LogP) is 4.94. The molecule has 1 heterocycles. The number of hydrogen-bond donors (Lipinski definition) is 0. The topological polar surface area (TPSA) is 46.6 Å². The van der Waals surface area contributed by atoms with E-state index in [1.165, 1.54) is 12.0 Å². The van der Waals surface area contributed by atoms with E-state index >= 15 is 0 Å². The smallest absolute Gasteiger partial charge is 0.340 e. The molecule has 0 fully saturated rings. The Morgan fingerprint density at radius 2 is 1.89 bits per heavy atom. The SMILES string of the molecule is COC(=O)C1=C(C)N(c2cccc(Cl)c2)C(=O)/C1=C\c1ccc(SC)cc1. The largest absolute Gasteiger partial charge is 0.465 e. The van der Waals surface area contributed by atoms with Crippen LogP contribution in [0.1, 0.15) is 12.5 Å². The Bertz CT molecular complexity index is 964. The maximum absolute atomic E-state index is 13.1. The van der Waals surface area contributed by atoms with Gasteiger partial charge in [0, 0.05) is 15.6 Å². The summed E-state index contributed by atoms with van der Waals surface area (Å²) in [6.07, 6.45) is 3.71. The second-order valence-electron chi connectivity index (χ2n) is 5.90. The molecule has 1 aliphatic rings. The second kappa shape index (κ2) is 8.03. The number of methoxy groups -OCH3 is 1. The van der Waals surface area contributed by atoms with Crippen LogP contribution in [0.2, 0.25) is 5.02 Å². The highest BCUT2D eigenvalue weighted by molar-refractivity contribution is 7.98. The van der Waals surface area contributed by atoms with Gasteiger partial charge in [-0.25, -0.2) is 4.79 Å². The van der Waals surface area contributed by atoms with E-state index in [1.807, 2.05) is 30.5 Å². The van der Waals surface area contributed by atoms with Crippen LogP contribution in [-0.2, 0) is 14.3 Å². The molecule has 4 nitrogen and oxygen atoms in total.